The summed E-state index contributed by atoms with van der Waals surface area (Å²) in [5.74, 6) is 0.113. The Kier molecular flexibility index (Phi) is 2.65. The van der Waals surface area contributed by atoms with Crippen LogP contribution in [-0.2, 0) is 0 Å². The Morgan fingerprint density at radius 3 is 2.50 bits per heavy atom. The molecule has 0 atom stereocenters. The molecule has 0 bridgehead atoms. The Balaban J connectivity index is 2.73. The second-order valence-electron chi connectivity index (χ2n) is 4.16. The molecule has 0 spiro atoms. The molecule has 2 nitrogen and oxygen atoms in total. The molecule has 0 aliphatic heterocycles. The highest BCUT2D eigenvalue weighted by molar-refractivity contribution is 6.07. The molecule has 82 valence electrons. The predicted molar refractivity (Wildman–Crippen MR) is 68.3 cm³/mol. The fourth-order valence-corrected chi connectivity index (χ4v) is 1.85. The van der Waals surface area contributed by atoms with E-state index in [1.54, 1.807) is 6.92 Å². The molecule has 0 N–H and O–H groups in total. The highest BCUT2D eigenvalue weighted by Crippen LogP contribution is 2.24. The number of ketones is 1. The van der Waals surface area contributed by atoms with E-state index in [9.17, 15) is 4.79 Å². The second kappa shape index (κ2) is 3.97. The normalized spacial score (nSPS) is 10.4. The monoisotopic (exact) mass is 213 g/mol. The van der Waals surface area contributed by atoms with E-state index < -0.39 is 0 Å². The van der Waals surface area contributed by atoms with Crippen molar-refractivity contribution in [1.82, 2.24) is 0 Å². The number of carbonyl (C=O) groups is 1. The number of carbonyl (C=O) groups excluding carboxylic acids is 1. The zero-order valence-corrected chi connectivity index (χ0v) is 9.82. The number of anilines is 1. The number of rotatable bonds is 2. The van der Waals surface area contributed by atoms with Crippen molar-refractivity contribution in [2.45, 2.75) is 6.92 Å². The largest absolute Gasteiger partial charge is 0.378 e. The van der Waals surface area contributed by atoms with Crippen LogP contribution in [-0.4, -0.2) is 19.9 Å². The molecule has 2 aromatic rings. The maximum atomic E-state index is 11.5. The van der Waals surface area contributed by atoms with Crippen LogP contribution in [0.15, 0.2) is 36.4 Å². The van der Waals surface area contributed by atoms with Gasteiger partial charge in [-0.1, -0.05) is 24.3 Å². The fourth-order valence-electron chi connectivity index (χ4n) is 1.85. The Hall–Kier alpha value is -1.83. The van der Waals surface area contributed by atoms with Crippen molar-refractivity contribution in [3.05, 3.63) is 42.0 Å². The fraction of sp³-hybridized carbons (Fsp3) is 0.214. The van der Waals surface area contributed by atoms with Crippen LogP contribution in [0.4, 0.5) is 5.69 Å². The first kappa shape index (κ1) is 10.7. The number of Topliss-reactive ketones (excluding diaryl/α,β-unsaturated/α-hetero) is 1. The zero-order chi connectivity index (χ0) is 11.7. The van der Waals surface area contributed by atoms with Gasteiger partial charge in [0.25, 0.3) is 0 Å². The summed E-state index contributed by atoms with van der Waals surface area (Å²) in [6.07, 6.45) is 0. The lowest BCUT2D eigenvalue weighted by atomic mass is 10.0. The lowest BCUT2D eigenvalue weighted by Gasteiger charge is -2.14. The summed E-state index contributed by atoms with van der Waals surface area (Å²) in [5.41, 5.74) is 1.91. The van der Waals surface area contributed by atoms with Gasteiger partial charge < -0.3 is 4.90 Å². The first-order valence-electron chi connectivity index (χ1n) is 5.30. The third kappa shape index (κ3) is 1.78. The predicted octanol–water partition coefficient (Wildman–Crippen LogP) is 3.11. The molecule has 0 amide bonds. The minimum absolute atomic E-state index is 0.113. The third-order valence-corrected chi connectivity index (χ3v) is 2.76. The van der Waals surface area contributed by atoms with Crippen LogP contribution in [0.2, 0.25) is 0 Å². The first-order valence-corrected chi connectivity index (χ1v) is 5.30. The van der Waals surface area contributed by atoms with Gasteiger partial charge in [0.2, 0.25) is 0 Å². The van der Waals surface area contributed by atoms with Crippen molar-refractivity contribution in [1.29, 1.82) is 0 Å². The zero-order valence-electron chi connectivity index (χ0n) is 9.82. The Bertz CT molecular complexity index is 543. The number of hydrogen-bond acceptors (Lipinski definition) is 2. The molecule has 0 aliphatic carbocycles. The van der Waals surface area contributed by atoms with E-state index in [2.05, 4.69) is 18.2 Å². The summed E-state index contributed by atoms with van der Waals surface area (Å²) in [4.78, 5) is 13.6. The van der Waals surface area contributed by atoms with Gasteiger partial charge in [-0.15, -0.1) is 0 Å². The van der Waals surface area contributed by atoms with E-state index in [-0.39, 0.29) is 5.78 Å². The topological polar surface area (TPSA) is 20.3 Å². The van der Waals surface area contributed by atoms with Gasteiger partial charge in [-0.3, -0.25) is 4.79 Å². The van der Waals surface area contributed by atoms with E-state index >= 15 is 0 Å². The number of nitrogens with zero attached hydrogens (tertiary/aromatic N) is 1. The van der Waals surface area contributed by atoms with Gasteiger partial charge in [0, 0.05) is 25.3 Å². The van der Waals surface area contributed by atoms with Crippen molar-refractivity contribution >= 4 is 22.2 Å². The van der Waals surface area contributed by atoms with Crippen LogP contribution in [0.5, 0.6) is 0 Å². The van der Waals surface area contributed by atoms with Crippen LogP contribution in [0.25, 0.3) is 10.8 Å². The Morgan fingerprint density at radius 1 is 1.12 bits per heavy atom. The molecule has 2 rings (SSSR count). The average Bonchev–Trinajstić information content (AvgIpc) is 2.27. The maximum absolute atomic E-state index is 11.5. The summed E-state index contributed by atoms with van der Waals surface area (Å²) >= 11 is 0. The SMILES string of the molecule is CC(=O)c1cccc2ccc(N(C)C)cc12. The maximum Gasteiger partial charge on any atom is 0.160 e. The molecule has 0 saturated heterocycles. The molecule has 0 unspecified atom stereocenters. The number of fused-ring (bicyclic) bond motifs is 1. The van der Waals surface area contributed by atoms with E-state index in [0.29, 0.717) is 0 Å². The standard InChI is InChI=1S/C14H15NO/c1-10(16)13-6-4-5-11-7-8-12(15(2)3)9-14(11)13/h4-9H,1-3H3. The van der Waals surface area contributed by atoms with Crippen molar-refractivity contribution in [2.75, 3.05) is 19.0 Å². The van der Waals surface area contributed by atoms with E-state index in [1.165, 1.54) is 0 Å². The number of hydrogen-bond donors (Lipinski definition) is 0. The summed E-state index contributed by atoms with van der Waals surface area (Å²) in [6.45, 7) is 1.61. The molecule has 0 fully saturated rings. The molecule has 0 radical (unpaired) electrons. The van der Waals surface area contributed by atoms with Gasteiger partial charge in [0.1, 0.15) is 0 Å². The highest BCUT2D eigenvalue weighted by atomic mass is 16.1. The molecular formula is C14H15NO. The molecule has 0 heterocycles. The van der Waals surface area contributed by atoms with Gasteiger partial charge in [-0.2, -0.15) is 0 Å². The lowest BCUT2D eigenvalue weighted by molar-refractivity contribution is 0.101. The number of benzene rings is 2. The van der Waals surface area contributed by atoms with Gasteiger partial charge in [-0.05, 0) is 29.8 Å². The van der Waals surface area contributed by atoms with Gasteiger partial charge in [0.05, 0.1) is 0 Å². The molecule has 0 aliphatic rings. The van der Waals surface area contributed by atoms with E-state index in [1.807, 2.05) is 37.2 Å². The van der Waals surface area contributed by atoms with Crippen molar-refractivity contribution in [3.8, 4) is 0 Å². The summed E-state index contributed by atoms with van der Waals surface area (Å²) in [5, 5.41) is 2.14. The minimum Gasteiger partial charge on any atom is -0.378 e. The van der Waals surface area contributed by atoms with Gasteiger partial charge in [-0.25, -0.2) is 0 Å². The van der Waals surface area contributed by atoms with Crippen molar-refractivity contribution in [2.24, 2.45) is 0 Å². The van der Waals surface area contributed by atoms with Crippen LogP contribution < -0.4 is 4.90 Å². The lowest BCUT2D eigenvalue weighted by Crippen LogP contribution is -2.08. The molecular weight excluding hydrogens is 198 g/mol. The Labute approximate surface area is 95.5 Å². The van der Waals surface area contributed by atoms with Crippen LogP contribution in [0, 0.1) is 0 Å². The minimum atomic E-state index is 0.113. The molecule has 2 aromatic carbocycles. The van der Waals surface area contributed by atoms with E-state index in [0.717, 1.165) is 22.0 Å². The van der Waals surface area contributed by atoms with Crippen LogP contribution in [0.3, 0.4) is 0 Å². The Morgan fingerprint density at radius 2 is 1.88 bits per heavy atom. The quantitative estimate of drug-likeness (QED) is 0.714. The average molecular weight is 213 g/mol. The van der Waals surface area contributed by atoms with Gasteiger partial charge in [0.15, 0.2) is 5.78 Å². The molecule has 0 aromatic heterocycles. The molecule has 16 heavy (non-hydrogen) atoms. The molecule has 2 heteroatoms. The first-order chi connectivity index (χ1) is 7.59. The van der Waals surface area contributed by atoms with Crippen molar-refractivity contribution in [3.63, 3.8) is 0 Å². The van der Waals surface area contributed by atoms with E-state index in [4.69, 9.17) is 0 Å². The van der Waals surface area contributed by atoms with Crippen molar-refractivity contribution < 1.29 is 4.79 Å². The van der Waals surface area contributed by atoms with Crippen LogP contribution in [0.1, 0.15) is 17.3 Å². The summed E-state index contributed by atoms with van der Waals surface area (Å²) in [6, 6.07) is 12.0. The highest BCUT2D eigenvalue weighted by Gasteiger charge is 2.06. The second-order valence-corrected chi connectivity index (χ2v) is 4.16. The molecule has 0 saturated carbocycles. The summed E-state index contributed by atoms with van der Waals surface area (Å²) in [7, 11) is 4.00. The van der Waals surface area contributed by atoms with Crippen LogP contribution >= 0.6 is 0 Å². The van der Waals surface area contributed by atoms with Gasteiger partial charge >= 0.3 is 0 Å². The summed E-state index contributed by atoms with van der Waals surface area (Å²) < 4.78 is 0. The third-order valence-electron chi connectivity index (χ3n) is 2.76. The smallest absolute Gasteiger partial charge is 0.160 e.